The monoisotopic (exact) mass is 146 g/mol. The molecule has 1 aliphatic rings. The Morgan fingerprint density at radius 2 is 2.44 bits per heavy atom. The lowest BCUT2D eigenvalue weighted by atomic mass is 10.4. The first-order chi connectivity index (χ1) is 4.20. The Hall–Kier alpha value is -0.680. The zero-order valence-corrected chi connectivity index (χ0v) is 5.44. The van der Waals surface area contributed by atoms with Crippen molar-refractivity contribution in [1.82, 2.24) is 10.4 Å². The van der Waals surface area contributed by atoms with Crippen LogP contribution in [0.15, 0.2) is 0 Å². The summed E-state index contributed by atoms with van der Waals surface area (Å²) in [6.45, 7) is 0.562. The fourth-order valence-corrected chi connectivity index (χ4v) is 0.755. The molecule has 1 heterocycles. The van der Waals surface area contributed by atoms with Crippen molar-refractivity contribution in [3.8, 4) is 0 Å². The summed E-state index contributed by atoms with van der Waals surface area (Å²) in [5, 5.41) is 11.6. The standard InChI is InChI=1S/C4H6N2O2S/c7-4-5-1-3(9)2-6(4)8/h8H,1-2H2,(H,5,7). The molecular formula is C4H6N2O2S. The van der Waals surface area contributed by atoms with Crippen molar-refractivity contribution in [2.75, 3.05) is 13.1 Å². The summed E-state index contributed by atoms with van der Waals surface area (Å²) in [7, 11) is 0. The second kappa shape index (κ2) is 2.28. The molecule has 0 saturated carbocycles. The number of carbonyl (C=O) groups is 1. The van der Waals surface area contributed by atoms with E-state index in [4.69, 9.17) is 17.4 Å². The summed E-state index contributed by atoms with van der Waals surface area (Å²) in [4.78, 5) is 11.1. The van der Waals surface area contributed by atoms with Gasteiger partial charge in [-0.3, -0.25) is 5.21 Å². The number of carbonyl (C=O) groups excluding carboxylic acids is 1. The molecule has 1 rings (SSSR count). The normalized spacial score (nSPS) is 19.9. The van der Waals surface area contributed by atoms with Crippen molar-refractivity contribution in [3.63, 3.8) is 0 Å². The van der Waals surface area contributed by atoms with Gasteiger partial charge < -0.3 is 5.32 Å². The number of urea groups is 1. The average Bonchev–Trinajstić information content (AvgIpc) is 1.80. The molecule has 0 bridgehead atoms. The predicted molar refractivity (Wildman–Crippen MR) is 34.5 cm³/mol. The van der Waals surface area contributed by atoms with E-state index in [9.17, 15) is 4.79 Å². The van der Waals surface area contributed by atoms with Gasteiger partial charge >= 0.3 is 6.03 Å². The Morgan fingerprint density at radius 3 is 2.89 bits per heavy atom. The van der Waals surface area contributed by atoms with Crippen LogP contribution in [0.5, 0.6) is 0 Å². The largest absolute Gasteiger partial charge is 0.341 e. The molecule has 1 aliphatic heterocycles. The topological polar surface area (TPSA) is 52.6 Å². The number of thiocarbonyl (C=S) groups is 1. The molecule has 0 aromatic rings. The quantitative estimate of drug-likeness (QED) is 0.366. The van der Waals surface area contributed by atoms with Crippen molar-refractivity contribution < 1.29 is 10.0 Å². The van der Waals surface area contributed by atoms with Gasteiger partial charge in [0.25, 0.3) is 0 Å². The zero-order valence-electron chi connectivity index (χ0n) is 4.63. The first-order valence-electron chi connectivity index (χ1n) is 2.46. The van der Waals surface area contributed by atoms with Gasteiger partial charge in [-0.25, -0.2) is 9.86 Å². The van der Waals surface area contributed by atoms with E-state index >= 15 is 0 Å². The average molecular weight is 146 g/mol. The minimum absolute atomic E-state index is 0.168. The van der Waals surface area contributed by atoms with Crippen LogP contribution in [0.1, 0.15) is 0 Å². The Bertz CT molecular complexity index is 159. The van der Waals surface area contributed by atoms with E-state index < -0.39 is 6.03 Å². The molecule has 4 nitrogen and oxygen atoms in total. The Balaban J connectivity index is 2.54. The molecule has 9 heavy (non-hydrogen) atoms. The number of nitrogens with zero attached hydrogens (tertiary/aromatic N) is 1. The Kier molecular flexibility index (Phi) is 1.63. The van der Waals surface area contributed by atoms with E-state index in [-0.39, 0.29) is 6.54 Å². The van der Waals surface area contributed by atoms with Gasteiger partial charge in [0, 0.05) is 4.86 Å². The molecule has 1 saturated heterocycles. The lowest BCUT2D eigenvalue weighted by Gasteiger charge is -2.21. The summed E-state index contributed by atoms with van der Waals surface area (Å²) >= 11 is 4.72. The molecule has 0 aromatic heterocycles. The zero-order chi connectivity index (χ0) is 6.85. The van der Waals surface area contributed by atoms with Crippen molar-refractivity contribution in [2.24, 2.45) is 0 Å². The number of hydrogen-bond donors (Lipinski definition) is 2. The molecule has 50 valence electrons. The highest BCUT2D eigenvalue weighted by Crippen LogP contribution is 1.91. The van der Waals surface area contributed by atoms with Crippen molar-refractivity contribution in [1.29, 1.82) is 0 Å². The molecule has 0 unspecified atom stereocenters. The van der Waals surface area contributed by atoms with Crippen LogP contribution in [-0.4, -0.2) is 34.3 Å². The van der Waals surface area contributed by atoms with Gasteiger partial charge in [-0.05, 0) is 0 Å². The maximum absolute atomic E-state index is 10.4. The van der Waals surface area contributed by atoms with Gasteiger partial charge in [0.1, 0.15) is 0 Å². The van der Waals surface area contributed by atoms with E-state index in [2.05, 4.69) is 5.32 Å². The van der Waals surface area contributed by atoms with Gasteiger partial charge in [-0.2, -0.15) is 0 Å². The highest BCUT2D eigenvalue weighted by molar-refractivity contribution is 7.80. The van der Waals surface area contributed by atoms with Crippen LogP contribution in [0.25, 0.3) is 0 Å². The van der Waals surface area contributed by atoms with Crippen LogP contribution < -0.4 is 5.32 Å². The minimum atomic E-state index is -0.483. The van der Waals surface area contributed by atoms with E-state index in [1.54, 1.807) is 0 Å². The number of hydrogen-bond acceptors (Lipinski definition) is 3. The lowest BCUT2D eigenvalue weighted by Crippen LogP contribution is -2.49. The second-order valence-corrected chi connectivity index (χ2v) is 2.33. The SMILES string of the molecule is O=C1NCC(=S)CN1O. The molecule has 1 fully saturated rings. The maximum Gasteiger partial charge on any atom is 0.341 e. The van der Waals surface area contributed by atoms with Crippen LogP contribution in [0, 0.1) is 0 Å². The summed E-state index contributed by atoms with van der Waals surface area (Å²) in [6.07, 6.45) is 0. The van der Waals surface area contributed by atoms with Crippen LogP contribution in [-0.2, 0) is 0 Å². The van der Waals surface area contributed by atoms with Crippen molar-refractivity contribution in [2.45, 2.75) is 0 Å². The van der Waals surface area contributed by atoms with Gasteiger partial charge in [0.15, 0.2) is 0 Å². The van der Waals surface area contributed by atoms with Crippen LogP contribution in [0.2, 0.25) is 0 Å². The summed E-state index contributed by atoms with van der Waals surface area (Å²) < 4.78 is 0. The van der Waals surface area contributed by atoms with Crippen molar-refractivity contribution >= 4 is 23.1 Å². The van der Waals surface area contributed by atoms with Gasteiger partial charge in [0.2, 0.25) is 0 Å². The molecule has 0 radical (unpaired) electrons. The summed E-state index contributed by atoms with van der Waals surface area (Å²) in [6, 6.07) is -0.483. The Labute approximate surface area is 57.4 Å². The van der Waals surface area contributed by atoms with Crippen LogP contribution in [0.4, 0.5) is 4.79 Å². The molecule has 0 spiro atoms. The third-order valence-electron chi connectivity index (χ3n) is 0.997. The van der Waals surface area contributed by atoms with Crippen molar-refractivity contribution in [3.05, 3.63) is 0 Å². The summed E-state index contributed by atoms with van der Waals surface area (Å²) in [5.41, 5.74) is 0. The van der Waals surface area contributed by atoms with Crippen LogP contribution >= 0.6 is 12.2 Å². The molecule has 2 amide bonds. The molecule has 2 N–H and O–H groups in total. The van der Waals surface area contributed by atoms with Gasteiger partial charge in [0.05, 0.1) is 13.1 Å². The fourth-order valence-electron chi connectivity index (χ4n) is 0.560. The fraction of sp³-hybridized carbons (Fsp3) is 0.500. The number of rotatable bonds is 0. The highest BCUT2D eigenvalue weighted by atomic mass is 32.1. The van der Waals surface area contributed by atoms with E-state index in [0.29, 0.717) is 16.5 Å². The highest BCUT2D eigenvalue weighted by Gasteiger charge is 2.17. The molecular weight excluding hydrogens is 140 g/mol. The Morgan fingerprint density at radius 1 is 1.78 bits per heavy atom. The molecule has 0 aromatic carbocycles. The smallest absolute Gasteiger partial charge is 0.332 e. The van der Waals surface area contributed by atoms with E-state index in [1.807, 2.05) is 0 Å². The first-order valence-corrected chi connectivity index (χ1v) is 2.87. The van der Waals surface area contributed by atoms with Gasteiger partial charge in [-0.15, -0.1) is 0 Å². The molecule has 0 atom stereocenters. The van der Waals surface area contributed by atoms with E-state index in [1.165, 1.54) is 0 Å². The van der Waals surface area contributed by atoms with E-state index in [0.717, 1.165) is 0 Å². The summed E-state index contributed by atoms with van der Waals surface area (Å²) in [5.74, 6) is 0. The molecule has 5 heteroatoms. The third kappa shape index (κ3) is 1.36. The number of hydroxylamine groups is 2. The van der Waals surface area contributed by atoms with Crippen LogP contribution in [0.3, 0.4) is 0 Å². The number of nitrogens with one attached hydrogen (secondary N) is 1. The third-order valence-corrected chi connectivity index (χ3v) is 1.27. The number of amides is 2. The lowest BCUT2D eigenvalue weighted by molar-refractivity contribution is -0.0317. The van der Waals surface area contributed by atoms with Gasteiger partial charge in [-0.1, -0.05) is 12.2 Å². The first kappa shape index (κ1) is 6.44. The minimum Gasteiger partial charge on any atom is -0.332 e. The predicted octanol–water partition coefficient (Wildman–Crippen LogP) is -0.229. The molecule has 0 aliphatic carbocycles. The second-order valence-electron chi connectivity index (χ2n) is 1.76. The maximum atomic E-state index is 10.4.